The second-order valence-electron chi connectivity index (χ2n) is 5.32. The molecule has 1 saturated carbocycles. The summed E-state index contributed by atoms with van der Waals surface area (Å²) in [6.45, 7) is 0.807. The van der Waals surface area contributed by atoms with Crippen molar-refractivity contribution in [1.29, 1.82) is 0 Å². The molecule has 1 heterocycles. The molecule has 2 aromatic rings. The second kappa shape index (κ2) is 6.97. The number of thiazole rings is 1. The molecule has 0 saturated heterocycles. The van der Waals surface area contributed by atoms with Crippen LogP contribution in [-0.4, -0.2) is 4.98 Å². The number of aromatic nitrogens is 1. The van der Waals surface area contributed by atoms with Gasteiger partial charge in [0.25, 0.3) is 0 Å². The van der Waals surface area contributed by atoms with Crippen LogP contribution in [0.1, 0.15) is 36.1 Å². The predicted molar refractivity (Wildman–Crippen MR) is 92.2 cm³/mol. The molecule has 114 valence electrons. The smallest absolute Gasteiger partial charge is 0.180 e. The zero-order chi connectivity index (χ0) is 14.0. The minimum Gasteiger partial charge on any atom is -0.375 e. The van der Waals surface area contributed by atoms with Crippen molar-refractivity contribution in [2.24, 2.45) is 0 Å². The van der Waals surface area contributed by atoms with Crippen LogP contribution in [0.4, 0.5) is 5.13 Å². The summed E-state index contributed by atoms with van der Waals surface area (Å²) in [5.41, 5.74) is 7.03. The Morgan fingerprint density at radius 3 is 2.71 bits per heavy atom. The van der Waals surface area contributed by atoms with Gasteiger partial charge in [0, 0.05) is 28.2 Å². The number of rotatable bonds is 4. The number of halogens is 2. The summed E-state index contributed by atoms with van der Waals surface area (Å²) >= 11 is 7.70. The van der Waals surface area contributed by atoms with Gasteiger partial charge in [-0.15, -0.1) is 23.7 Å². The molecule has 0 radical (unpaired) electrons. The summed E-state index contributed by atoms with van der Waals surface area (Å²) in [4.78, 5) is 5.28. The molecule has 1 aliphatic carbocycles. The monoisotopic (exact) mass is 343 g/mol. The summed E-state index contributed by atoms with van der Waals surface area (Å²) in [5, 5.41) is 5.16. The molecule has 0 unspecified atom stereocenters. The van der Waals surface area contributed by atoms with Gasteiger partial charge in [-0.3, -0.25) is 0 Å². The lowest BCUT2D eigenvalue weighted by atomic mass is 9.88. The highest BCUT2D eigenvalue weighted by atomic mass is 35.5. The standard InChI is InChI=1S/C15H18ClN3S.ClH/c16-12-5-3-4-11(8-12)15(6-1-2-7-15)19-10-13-9-18-14(17)20-13;/h3-5,8-9,19H,1-2,6-7,10H2,(H2,17,18);1H. The van der Waals surface area contributed by atoms with E-state index in [0.717, 1.165) is 24.4 Å². The van der Waals surface area contributed by atoms with Crippen LogP contribution in [0, 0.1) is 0 Å². The van der Waals surface area contributed by atoms with Crippen LogP contribution in [0.2, 0.25) is 5.02 Å². The molecule has 0 aliphatic heterocycles. The first-order valence-electron chi connectivity index (χ1n) is 6.89. The number of benzene rings is 1. The second-order valence-corrected chi connectivity index (χ2v) is 6.90. The first-order chi connectivity index (χ1) is 9.68. The van der Waals surface area contributed by atoms with E-state index in [1.54, 1.807) is 11.3 Å². The average Bonchev–Trinajstić information content (AvgIpc) is 3.06. The number of nitrogens with one attached hydrogen (secondary N) is 1. The van der Waals surface area contributed by atoms with Crippen LogP contribution in [0.25, 0.3) is 0 Å². The lowest BCUT2D eigenvalue weighted by Gasteiger charge is -2.31. The van der Waals surface area contributed by atoms with Crippen molar-refractivity contribution in [3.8, 4) is 0 Å². The Hall–Kier alpha value is -0.810. The van der Waals surface area contributed by atoms with Crippen LogP contribution in [0.3, 0.4) is 0 Å². The molecule has 21 heavy (non-hydrogen) atoms. The largest absolute Gasteiger partial charge is 0.375 e. The maximum atomic E-state index is 6.15. The summed E-state index contributed by atoms with van der Waals surface area (Å²) in [6.07, 6.45) is 6.67. The van der Waals surface area contributed by atoms with Gasteiger partial charge in [-0.05, 0) is 30.5 Å². The quantitative estimate of drug-likeness (QED) is 0.866. The molecule has 0 atom stereocenters. The number of nitrogens with two attached hydrogens (primary N) is 1. The lowest BCUT2D eigenvalue weighted by Crippen LogP contribution is -2.39. The van der Waals surface area contributed by atoms with Crippen LogP contribution >= 0.6 is 35.3 Å². The average molecular weight is 344 g/mol. The molecule has 3 rings (SSSR count). The van der Waals surface area contributed by atoms with E-state index in [9.17, 15) is 0 Å². The molecule has 1 fully saturated rings. The Morgan fingerprint density at radius 1 is 1.33 bits per heavy atom. The third kappa shape index (κ3) is 3.69. The van der Waals surface area contributed by atoms with Crippen molar-refractivity contribution in [1.82, 2.24) is 10.3 Å². The molecule has 3 N–H and O–H groups in total. The van der Waals surface area contributed by atoms with Gasteiger partial charge >= 0.3 is 0 Å². The van der Waals surface area contributed by atoms with E-state index in [-0.39, 0.29) is 17.9 Å². The van der Waals surface area contributed by atoms with Gasteiger partial charge in [-0.1, -0.05) is 36.6 Å². The fourth-order valence-electron chi connectivity index (χ4n) is 2.99. The molecule has 0 bridgehead atoms. The van der Waals surface area contributed by atoms with Crippen LogP contribution in [0.5, 0.6) is 0 Å². The maximum Gasteiger partial charge on any atom is 0.180 e. The Labute approximate surface area is 140 Å². The van der Waals surface area contributed by atoms with Gasteiger partial charge in [0.2, 0.25) is 0 Å². The van der Waals surface area contributed by atoms with Gasteiger partial charge in [-0.25, -0.2) is 4.98 Å². The number of nitrogens with zero attached hydrogens (tertiary/aromatic N) is 1. The molecular weight excluding hydrogens is 325 g/mol. The number of hydrogen-bond donors (Lipinski definition) is 2. The van der Waals surface area contributed by atoms with Crippen molar-refractivity contribution in [3.63, 3.8) is 0 Å². The van der Waals surface area contributed by atoms with E-state index in [0.29, 0.717) is 5.13 Å². The van der Waals surface area contributed by atoms with Crippen molar-refractivity contribution in [3.05, 3.63) is 45.9 Å². The zero-order valence-electron chi connectivity index (χ0n) is 11.6. The Balaban J connectivity index is 0.00000161. The molecule has 6 heteroatoms. The summed E-state index contributed by atoms with van der Waals surface area (Å²) in [5.74, 6) is 0. The van der Waals surface area contributed by atoms with Gasteiger partial charge in [0.05, 0.1) is 0 Å². The van der Waals surface area contributed by atoms with Crippen LogP contribution in [0.15, 0.2) is 30.5 Å². The first-order valence-corrected chi connectivity index (χ1v) is 8.09. The molecule has 0 spiro atoms. The van der Waals surface area contributed by atoms with E-state index < -0.39 is 0 Å². The molecular formula is C15H19Cl2N3S. The van der Waals surface area contributed by atoms with E-state index in [1.165, 1.54) is 23.3 Å². The SMILES string of the molecule is Cl.Nc1ncc(CNC2(c3cccc(Cl)c3)CCCC2)s1. The first kappa shape index (κ1) is 16.6. The van der Waals surface area contributed by atoms with Gasteiger partial charge in [0.1, 0.15) is 0 Å². The van der Waals surface area contributed by atoms with Gasteiger partial charge in [0.15, 0.2) is 5.13 Å². The Bertz CT molecular complexity index is 594. The third-order valence-electron chi connectivity index (χ3n) is 4.01. The third-order valence-corrected chi connectivity index (χ3v) is 5.07. The van der Waals surface area contributed by atoms with Crippen molar-refractivity contribution >= 4 is 40.5 Å². The normalized spacial score (nSPS) is 16.6. The maximum absolute atomic E-state index is 6.15. The highest BCUT2D eigenvalue weighted by Gasteiger charge is 2.35. The van der Waals surface area contributed by atoms with Gasteiger partial charge in [-0.2, -0.15) is 0 Å². The van der Waals surface area contributed by atoms with Crippen LogP contribution < -0.4 is 11.1 Å². The molecule has 0 amide bonds. The molecule has 1 aromatic heterocycles. The van der Waals surface area contributed by atoms with E-state index in [1.807, 2.05) is 18.3 Å². The molecule has 1 aliphatic rings. The summed E-state index contributed by atoms with van der Waals surface area (Å²) in [6, 6.07) is 8.22. The minimum absolute atomic E-state index is 0. The molecule has 3 nitrogen and oxygen atoms in total. The van der Waals surface area contributed by atoms with Crippen LogP contribution in [-0.2, 0) is 12.1 Å². The highest BCUT2D eigenvalue weighted by molar-refractivity contribution is 7.15. The van der Waals surface area contributed by atoms with Gasteiger partial charge < -0.3 is 11.1 Å². The number of nitrogen functional groups attached to an aromatic ring is 1. The predicted octanol–water partition coefficient (Wildman–Crippen LogP) is 4.36. The summed E-state index contributed by atoms with van der Waals surface area (Å²) < 4.78 is 0. The Morgan fingerprint density at radius 2 is 2.10 bits per heavy atom. The zero-order valence-corrected chi connectivity index (χ0v) is 14.0. The topological polar surface area (TPSA) is 50.9 Å². The molecule has 1 aromatic carbocycles. The van der Waals surface area contributed by atoms with E-state index in [4.69, 9.17) is 17.3 Å². The van der Waals surface area contributed by atoms with E-state index in [2.05, 4.69) is 22.4 Å². The van der Waals surface area contributed by atoms with Crippen molar-refractivity contribution < 1.29 is 0 Å². The van der Waals surface area contributed by atoms with Crippen molar-refractivity contribution in [2.45, 2.75) is 37.8 Å². The Kier molecular flexibility index (Phi) is 5.49. The minimum atomic E-state index is 0. The van der Waals surface area contributed by atoms with E-state index >= 15 is 0 Å². The highest BCUT2D eigenvalue weighted by Crippen LogP contribution is 2.39. The fraction of sp³-hybridized carbons (Fsp3) is 0.400. The van der Waals surface area contributed by atoms with Crippen molar-refractivity contribution in [2.75, 3.05) is 5.73 Å². The summed E-state index contributed by atoms with van der Waals surface area (Å²) in [7, 11) is 0. The number of hydrogen-bond acceptors (Lipinski definition) is 4. The fourth-order valence-corrected chi connectivity index (χ4v) is 3.81. The number of anilines is 1. The lowest BCUT2D eigenvalue weighted by molar-refractivity contribution is 0.340.